The third-order valence-corrected chi connectivity index (χ3v) is 2.25. The Labute approximate surface area is 92.9 Å². The second-order valence-corrected chi connectivity index (χ2v) is 3.66. The standard InChI is InChI=1S/C10H14N4O2/c1-3-4-8(15)9-12-10(16-13-9)7-5-11-14(2)6-7/h5-6,8,15H,3-4H2,1-2H3. The molecule has 0 fully saturated rings. The highest BCUT2D eigenvalue weighted by Gasteiger charge is 2.16. The summed E-state index contributed by atoms with van der Waals surface area (Å²) in [6, 6.07) is 0. The number of nitrogens with zero attached hydrogens (tertiary/aromatic N) is 4. The predicted octanol–water partition coefficient (Wildman–Crippen LogP) is 1.30. The van der Waals surface area contributed by atoms with Crippen LogP contribution in [0.4, 0.5) is 0 Å². The molecule has 2 rings (SSSR count). The Hall–Kier alpha value is -1.69. The number of hydrogen-bond donors (Lipinski definition) is 1. The summed E-state index contributed by atoms with van der Waals surface area (Å²) in [6.45, 7) is 1.99. The van der Waals surface area contributed by atoms with E-state index in [0.29, 0.717) is 18.1 Å². The van der Waals surface area contributed by atoms with Crippen LogP contribution in [-0.4, -0.2) is 25.0 Å². The minimum Gasteiger partial charge on any atom is -0.385 e. The van der Waals surface area contributed by atoms with Gasteiger partial charge in [-0.2, -0.15) is 10.1 Å². The quantitative estimate of drug-likeness (QED) is 0.843. The molecular formula is C10H14N4O2. The van der Waals surface area contributed by atoms with Crippen LogP contribution in [0.25, 0.3) is 11.5 Å². The van der Waals surface area contributed by atoms with Gasteiger partial charge in [0.1, 0.15) is 6.10 Å². The number of hydrogen-bond acceptors (Lipinski definition) is 5. The van der Waals surface area contributed by atoms with E-state index in [0.717, 1.165) is 12.0 Å². The van der Waals surface area contributed by atoms with Crippen molar-refractivity contribution < 1.29 is 9.63 Å². The Morgan fingerprint density at radius 3 is 3.00 bits per heavy atom. The molecule has 2 heterocycles. The highest BCUT2D eigenvalue weighted by molar-refractivity contribution is 5.49. The smallest absolute Gasteiger partial charge is 0.261 e. The van der Waals surface area contributed by atoms with Gasteiger partial charge in [0.2, 0.25) is 5.82 Å². The van der Waals surface area contributed by atoms with Gasteiger partial charge in [-0.1, -0.05) is 18.5 Å². The van der Waals surface area contributed by atoms with E-state index in [1.54, 1.807) is 17.1 Å². The summed E-state index contributed by atoms with van der Waals surface area (Å²) in [5.74, 6) is 0.721. The van der Waals surface area contributed by atoms with Gasteiger partial charge in [0.15, 0.2) is 0 Å². The molecule has 0 aliphatic heterocycles. The van der Waals surface area contributed by atoms with Crippen LogP contribution < -0.4 is 0 Å². The van der Waals surface area contributed by atoms with Crippen molar-refractivity contribution in [2.45, 2.75) is 25.9 Å². The fourth-order valence-corrected chi connectivity index (χ4v) is 1.42. The van der Waals surface area contributed by atoms with E-state index in [1.807, 2.05) is 14.0 Å². The van der Waals surface area contributed by atoms with E-state index in [1.165, 1.54) is 0 Å². The fourth-order valence-electron chi connectivity index (χ4n) is 1.42. The van der Waals surface area contributed by atoms with Crippen molar-refractivity contribution in [2.75, 3.05) is 0 Å². The van der Waals surface area contributed by atoms with E-state index in [-0.39, 0.29) is 0 Å². The lowest BCUT2D eigenvalue weighted by Crippen LogP contribution is -1.98. The number of aliphatic hydroxyl groups excluding tert-OH is 1. The van der Waals surface area contributed by atoms with E-state index in [4.69, 9.17) is 4.52 Å². The minimum atomic E-state index is -0.654. The molecule has 0 aromatic carbocycles. The first-order chi connectivity index (χ1) is 7.70. The molecule has 2 aromatic rings. The number of aliphatic hydroxyl groups is 1. The molecule has 0 aliphatic carbocycles. The van der Waals surface area contributed by atoms with Gasteiger partial charge < -0.3 is 9.63 Å². The van der Waals surface area contributed by atoms with Crippen LogP contribution in [0.2, 0.25) is 0 Å². The van der Waals surface area contributed by atoms with Gasteiger partial charge in [0.05, 0.1) is 11.8 Å². The summed E-state index contributed by atoms with van der Waals surface area (Å²) < 4.78 is 6.71. The predicted molar refractivity (Wildman–Crippen MR) is 56.4 cm³/mol. The van der Waals surface area contributed by atoms with Crippen molar-refractivity contribution in [1.82, 2.24) is 19.9 Å². The second kappa shape index (κ2) is 4.44. The number of aromatic nitrogens is 4. The summed E-state index contributed by atoms with van der Waals surface area (Å²) in [4.78, 5) is 4.13. The van der Waals surface area contributed by atoms with E-state index in [9.17, 15) is 5.11 Å². The summed E-state index contributed by atoms with van der Waals surface area (Å²) in [6.07, 6.45) is 4.27. The molecule has 0 bridgehead atoms. The summed E-state index contributed by atoms with van der Waals surface area (Å²) in [5.41, 5.74) is 0.755. The van der Waals surface area contributed by atoms with Crippen molar-refractivity contribution in [3.8, 4) is 11.5 Å². The summed E-state index contributed by atoms with van der Waals surface area (Å²) in [7, 11) is 1.81. The zero-order chi connectivity index (χ0) is 11.5. The summed E-state index contributed by atoms with van der Waals surface area (Å²) in [5, 5.41) is 17.4. The van der Waals surface area contributed by atoms with Gasteiger partial charge in [0, 0.05) is 13.2 Å². The molecule has 1 unspecified atom stereocenters. The van der Waals surface area contributed by atoms with Gasteiger partial charge in [-0.15, -0.1) is 0 Å². The van der Waals surface area contributed by atoms with Crippen molar-refractivity contribution in [3.63, 3.8) is 0 Å². The molecular weight excluding hydrogens is 208 g/mol. The molecule has 6 heteroatoms. The highest BCUT2D eigenvalue weighted by Crippen LogP contribution is 2.20. The SMILES string of the molecule is CCCC(O)c1noc(-c2cnn(C)c2)n1. The number of rotatable bonds is 4. The van der Waals surface area contributed by atoms with Crippen LogP contribution in [0.3, 0.4) is 0 Å². The van der Waals surface area contributed by atoms with Crippen LogP contribution in [0.15, 0.2) is 16.9 Å². The molecule has 16 heavy (non-hydrogen) atoms. The molecule has 1 N–H and O–H groups in total. The van der Waals surface area contributed by atoms with Gasteiger partial charge in [-0.3, -0.25) is 4.68 Å². The van der Waals surface area contributed by atoms with Gasteiger partial charge in [-0.05, 0) is 6.42 Å². The van der Waals surface area contributed by atoms with E-state index < -0.39 is 6.10 Å². The Morgan fingerprint density at radius 2 is 2.38 bits per heavy atom. The monoisotopic (exact) mass is 222 g/mol. The molecule has 0 spiro atoms. The van der Waals surface area contributed by atoms with Crippen molar-refractivity contribution in [2.24, 2.45) is 7.05 Å². The second-order valence-electron chi connectivity index (χ2n) is 3.66. The fraction of sp³-hybridized carbons (Fsp3) is 0.500. The minimum absolute atomic E-state index is 0.334. The van der Waals surface area contributed by atoms with Crippen molar-refractivity contribution >= 4 is 0 Å². The lowest BCUT2D eigenvalue weighted by molar-refractivity contribution is 0.153. The molecule has 1 atom stereocenters. The molecule has 86 valence electrons. The zero-order valence-corrected chi connectivity index (χ0v) is 9.29. The van der Waals surface area contributed by atoms with Crippen LogP contribution in [0.5, 0.6) is 0 Å². The Bertz CT molecular complexity index is 463. The normalized spacial score (nSPS) is 12.9. The van der Waals surface area contributed by atoms with Crippen LogP contribution in [0, 0.1) is 0 Å². The third-order valence-electron chi connectivity index (χ3n) is 2.25. The topological polar surface area (TPSA) is 77.0 Å². The maximum absolute atomic E-state index is 9.68. The van der Waals surface area contributed by atoms with Gasteiger partial charge in [0.25, 0.3) is 5.89 Å². The maximum atomic E-state index is 9.68. The van der Waals surface area contributed by atoms with Crippen LogP contribution in [-0.2, 0) is 7.05 Å². The zero-order valence-electron chi connectivity index (χ0n) is 9.29. The van der Waals surface area contributed by atoms with E-state index >= 15 is 0 Å². The maximum Gasteiger partial charge on any atom is 0.261 e. The Balaban J connectivity index is 2.19. The molecule has 6 nitrogen and oxygen atoms in total. The molecule has 2 aromatic heterocycles. The first-order valence-corrected chi connectivity index (χ1v) is 5.21. The molecule has 0 amide bonds. The lowest BCUT2D eigenvalue weighted by Gasteiger charge is -2.00. The van der Waals surface area contributed by atoms with E-state index in [2.05, 4.69) is 15.2 Å². The Morgan fingerprint density at radius 1 is 1.56 bits per heavy atom. The average molecular weight is 222 g/mol. The molecule has 0 radical (unpaired) electrons. The van der Waals surface area contributed by atoms with Crippen LogP contribution in [0.1, 0.15) is 31.7 Å². The summed E-state index contributed by atoms with van der Waals surface area (Å²) >= 11 is 0. The molecule has 0 saturated heterocycles. The first kappa shape index (κ1) is 10.8. The van der Waals surface area contributed by atoms with Gasteiger partial charge >= 0.3 is 0 Å². The third kappa shape index (κ3) is 2.11. The van der Waals surface area contributed by atoms with Crippen molar-refractivity contribution in [1.29, 1.82) is 0 Å². The molecule has 0 aliphatic rings. The van der Waals surface area contributed by atoms with Crippen molar-refractivity contribution in [3.05, 3.63) is 18.2 Å². The first-order valence-electron chi connectivity index (χ1n) is 5.21. The Kier molecular flexibility index (Phi) is 3.00. The van der Waals surface area contributed by atoms with Gasteiger partial charge in [-0.25, -0.2) is 0 Å². The van der Waals surface area contributed by atoms with Crippen LogP contribution >= 0.6 is 0 Å². The largest absolute Gasteiger partial charge is 0.385 e. The highest BCUT2D eigenvalue weighted by atomic mass is 16.5. The lowest BCUT2D eigenvalue weighted by atomic mass is 10.2. The number of aryl methyl sites for hydroxylation is 1. The molecule has 0 saturated carbocycles. The average Bonchev–Trinajstić information content (AvgIpc) is 2.85.